The van der Waals surface area contributed by atoms with Gasteiger partial charge in [0.2, 0.25) is 20.9 Å². The fourth-order valence-corrected chi connectivity index (χ4v) is 8.16. The molecule has 0 spiro atoms. The van der Waals surface area contributed by atoms with Crippen LogP contribution in [0.3, 0.4) is 0 Å². The maximum Gasteiger partial charge on any atom is 0.335 e. The number of nitro groups is 1. The summed E-state index contributed by atoms with van der Waals surface area (Å²) in [6, 6.07) is 8.65. The molecular formula is C32H25ClF6N6O9S3. The number of halogens is 7. The zero-order chi connectivity index (χ0) is 43.0. The molecule has 1 aromatic heterocycles. The van der Waals surface area contributed by atoms with Gasteiger partial charge < -0.3 is 9.64 Å². The van der Waals surface area contributed by atoms with E-state index in [0.717, 1.165) is 12.1 Å². The second-order valence-corrected chi connectivity index (χ2v) is 17.8. The molecule has 0 amide bonds. The predicted molar refractivity (Wildman–Crippen MR) is 186 cm³/mol. The number of nitriles is 2. The van der Waals surface area contributed by atoms with Gasteiger partial charge in [0.25, 0.3) is 9.05 Å². The minimum absolute atomic E-state index is 0.0232. The number of sulfone groups is 2. The summed E-state index contributed by atoms with van der Waals surface area (Å²) in [5, 5.41) is 27.4. The molecule has 3 aromatic carbocycles. The number of benzene rings is 3. The number of rotatable bonds is 8. The van der Waals surface area contributed by atoms with Crippen molar-refractivity contribution in [2.45, 2.75) is 39.9 Å². The Bertz CT molecular complexity index is 2610. The van der Waals surface area contributed by atoms with E-state index in [1.807, 2.05) is 0 Å². The van der Waals surface area contributed by atoms with Gasteiger partial charge in [0.1, 0.15) is 61.2 Å². The number of aryl methyl sites for hydroxylation is 1. The highest BCUT2D eigenvalue weighted by Gasteiger charge is 2.41. The quantitative estimate of drug-likeness (QED) is 0.0935. The Morgan fingerprint density at radius 1 is 0.877 bits per heavy atom. The zero-order valence-corrected chi connectivity index (χ0v) is 32.1. The van der Waals surface area contributed by atoms with Crippen LogP contribution in [-0.4, -0.2) is 71.7 Å². The Balaban J connectivity index is 0.000000275. The van der Waals surface area contributed by atoms with Crippen molar-refractivity contribution in [1.29, 1.82) is 10.5 Å². The van der Waals surface area contributed by atoms with E-state index in [4.69, 9.17) is 20.7 Å². The van der Waals surface area contributed by atoms with E-state index >= 15 is 0 Å². The Morgan fingerprint density at radius 3 is 1.82 bits per heavy atom. The fraction of sp³-hybridized carbons (Fsp3) is 0.250. The lowest BCUT2D eigenvalue weighted by Gasteiger charge is -2.32. The summed E-state index contributed by atoms with van der Waals surface area (Å²) < 4.78 is 153. The summed E-state index contributed by atoms with van der Waals surface area (Å²) >= 11 is 0. The van der Waals surface area contributed by atoms with Gasteiger partial charge in [-0.1, -0.05) is 0 Å². The molecule has 57 heavy (non-hydrogen) atoms. The third kappa shape index (κ3) is 11.6. The molecule has 0 saturated carbocycles. The molecule has 0 aliphatic carbocycles. The monoisotopic (exact) mass is 882 g/mol. The van der Waals surface area contributed by atoms with Crippen LogP contribution >= 0.6 is 10.7 Å². The SMILES string of the molecule is Cc1nc(C(C#N)S(=O)(=O)c2cc(F)ccc2F)c([N+](=O)[O-])c(N2CCOC(C)C2)n1.N#CCS(=O)(=O)c1cc(F)ccc1F.O=S(=O)(Cl)c1cc(F)ccc1F. The second-order valence-electron chi connectivity index (χ2n) is 11.3. The van der Waals surface area contributed by atoms with Gasteiger partial charge in [-0.05, 0) is 68.4 Å². The number of anilines is 1. The standard InChI is InChI=1S/C18H17F2N5O5S.C8H5F2NO2S.C6H3ClF2O2S/c1-10-9-24(5-6-30-10)18-17(25(26)27)16(22-11(2)23-18)15(8-21)31(28,29)14-7-12(19)3-4-13(14)20;9-6-1-2-7(10)8(5-6)14(12,13)4-3-11;7-12(10,11)6-3-4(8)1-2-5(6)9/h3-4,7,10,15H,5-6,9H2,1-2H3;1-2,5H,4H2;1-3H. The molecule has 1 aliphatic heterocycles. The average Bonchev–Trinajstić information content (AvgIpc) is 3.11. The normalized spacial score (nSPS) is 14.8. The first-order chi connectivity index (χ1) is 26.4. The van der Waals surface area contributed by atoms with Crippen molar-refractivity contribution >= 4 is 50.9 Å². The maximum atomic E-state index is 14.2. The van der Waals surface area contributed by atoms with Crippen molar-refractivity contribution < 1.29 is 61.3 Å². The van der Waals surface area contributed by atoms with Gasteiger partial charge in [0, 0.05) is 23.8 Å². The van der Waals surface area contributed by atoms with Crippen LogP contribution in [0.1, 0.15) is 23.7 Å². The summed E-state index contributed by atoms with van der Waals surface area (Å²) in [6.45, 7) is 3.86. The third-order valence-corrected chi connectivity index (χ3v) is 11.9. The number of morpholine rings is 1. The summed E-state index contributed by atoms with van der Waals surface area (Å²) in [5.74, 6) is -7.23. The highest BCUT2D eigenvalue weighted by atomic mass is 35.7. The van der Waals surface area contributed by atoms with Crippen LogP contribution in [0.4, 0.5) is 37.8 Å². The largest absolute Gasteiger partial charge is 0.375 e. The highest BCUT2D eigenvalue weighted by molar-refractivity contribution is 8.13. The summed E-state index contributed by atoms with van der Waals surface area (Å²) in [5.41, 5.74) is -1.50. The molecular weight excluding hydrogens is 858 g/mol. The van der Waals surface area contributed by atoms with E-state index in [1.54, 1.807) is 6.92 Å². The molecule has 2 heterocycles. The van der Waals surface area contributed by atoms with Crippen LogP contribution in [0.15, 0.2) is 69.3 Å². The third-order valence-electron chi connectivity index (χ3n) is 7.24. The maximum absolute atomic E-state index is 14.2. The number of hydrogen-bond acceptors (Lipinski definition) is 14. The Hall–Kier alpha value is -5.40. The number of nitrogens with zero attached hydrogens (tertiary/aromatic N) is 6. The van der Waals surface area contributed by atoms with E-state index in [1.165, 1.54) is 24.0 Å². The minimum Gasteiger partial charge on any atom is -0.375 e. The highest BCUT2D eigenvalue weighted by Crippen LogP contribution is 2.39. The summed E-state index contributed by atoms with van der Waals surface area (Å²) in [4.78, 5) is 17.8. The summed E-state index contributed by atoms with van der Waals surface area (Å²) in [6.07, 6.45) is -0.274. The van der Waals surface area contributed by atoms with Crippen LogP contribution in [0.5, 0.6) is 0 Å². The van der Waals surface area contributed by atoms with Gasteiger partial charge in [-0.3, -0.25) is 10.1 Å². The first-order valence-corrected chi connectivity index (χ1v) is 20.9. The number of hydrogen-bond donors (Lipinski definition) is 0. The van der Waals surface area contributed by atoms with Gasteiger partial charge >= 0.3 is 5.69 Å². The minimum atomic E-state index is -4.90. The van der Waals surface area contributed by atoms with Gasteiger partial charge in [-0.2, -0.15) is 10.5 Å². The number of ether oxygens (including phenoxy) is 1. The molecule has 15 nitrogen and oxygen atoms in total. The van der Waals surface area contributed by atoms with Crippen molar-refractivity contribution in [2.24, 2.45) is 0 Å². The first kappa shape index (κ1) is 46.0. The lowest BCUT2D eigenvalue weighted by Crippen LogP contribution is -2.42. The van der Waals surface area contributed by atoms with Crippen molar-refractivity contribution in [3.63, 3.8) is 0 Å². The Kier molecular flexibility index (Phi) is 15.1. The smallest absolute Gasteiger partial charge is 0.335 e. The molecule has 304 valence electrons. The van der Waals surface area contributed by atoms with Crippen LogP contribution in [0, 0.1) is 74.6 Å². The van der Waals surface area contributed by atoms with Crippen molar-refractivity contribution in [3.8, 4) is 12.1 Å². The van der Waals surface area contributed by atoms with Gasteiger partial charge in [-0.25, -0.2) is 61.6 Å². The topological polar surface area (TPSA) is 231 Å². The summed E-state index contributed by atoms with van der Waals surface area (Å²) in [7, 11) is -8.34. The van der Waals surface area contributed by atoms with Crippen molar-refractivity contribution in [2.75, 3.05) is 30.3 Å². The molecule has 1 fully saturated rings. The molecule has 4 aromatic rings. The lowest BCUT2D eigenvalue weighted by molar-refractivity contribution is -0.385. The van der Waals surface area contributed by atoms with Crippen LogP contribution in [0.25, 0.3) is 0 Å². The molecule has 25 heteroatoms. The molecule has 5 rings (SSSR count). The van der Waals surface area contributed by atoms with Crippen molar-refractivity contribution in [3.05, 3.63) is 111 Å². The predicted octanol–water partition coefficient (Wildman–Crippen LogP) is 5.39. The molecule has 2 unspecified atom stereocenters. The van der Waals surface area contributed by atoms with Gasteiger partial charge in [-0.15, -0.1) is 0 Å². The molecule has 0 radical (unpaired) electrons. The van der Waals surface area contributed by atoms with E-state index in [9.17, 15) is 67.0 Å². The van der Waals surface area contributed by atoms with E-state index in [-0.39, 0.29) is 37.4 Å². The molecule has 1 aliphatic rings. The Morgan fingerprint density at radius 2 is 1.37 bits per heavy atom. The molecule has 1 saturated heterocycles. The van der Waals surface area contributed by atoms with Crippen LogP contribution < -0.4 is 4.90 Å². The molecule has 2 atom stereocenters. The van der Waals surface area contributed by atoms with E-state index in [0.29, 0.717) is 42.5 Å². The first-order valence-electron chi connectivity index (χ1n) is 15.4. The Labute approximate surface area is 325 Å². The van der Waals surface area contributed by atoms with E-state index < -0.39 is 106 Å². The fourth-order valence-electron chi connectivity index (χ4n) is 4.80. The second kappa shape index (κ2) is 18.7. The molecule has 0 bridgehead atoms. The van der Waals surface area contributed by atoms with E-state index in [2.05, 4.69) is 9.97 Å². The lowest BCUT2D eigenvalue weighted by atomic mass is 10.2. The van der Waals surface area contributed by atoms with Crippen LogP contribution in [-0.2, 0) is 33.5 Å². The van der Waals surface area contributed by atoms with Crippen molar-refractivity contribution in [1.82, 2.24) is 9.97 Å². The van der Waals surface area contributed by atoms with Gasteiger partial charge in [0.15, 0.2) is 15.5 Å². The average molecular weight is 883 g/mol. The molecule has 0 N–H and O–H groups in total. The number of aromatic nitrogens is 2. The van der Waals surface area contributed by atoms with Gasteiger partial charge in [0.05, 0.1) is 29.8 Å². The van der Waals surface area contributed by atoms with Crippen LogP contribution in [0.2, 0.25) is 0 Å². The zero-order valence-electron chi connectivity index (χ0n) is 28.9.